The number of aromatic carboxylic acids is 1. The molecular weight excluding hydrogens is 324 g/mol. The molecule has 1 aliphatic rings. The van der Waals surface area contributed by atoms with Crippen LogP contribution in [0.4, 0.5) is 0 Å². The van der Waals surface area contributed by atoms with Crippen molar-refractivity contribution in [3.05, 3.63) is 76.5 Å². The van der Waals surface area contributed by atoms with Gasteiger partial charge < -0.3 is 5.11 Å². The largest absolute Gasteiger partial charge is 0.478 e. The maximum atomic E-state index is 11.9. The number of para-hydroxylation sites is 1. The molecule has 0 amide bonds. The van der Waals surface area contributed by atoms with E-state index in [2.05, 4.69) is 6.07 Å². The van der Waals surface area contributed by atoms with Crippen molar-refractivity contribution in [2.24, 2.45) is 0 Å². The topological polar surface area (TPSA) is 74.0 Å². The lowest BCUT2D eigenvalue weighted by Crippen LogP contribution is -2.13. The molecule has 0 spiro atoms. The predicted octanol–water partition coefficient (Wildman–Crippen LogP) is 4.68. The Bertz CT molecular complexity index is 1090. The first-order chi connectivity index (χ1) is 12.7. The Kier molecular flexibility index (Phi) is 3.98. The number of aromatic nitrogens is 1. The van der Waals surface area contributed by atoms with Gasteiger partial charge in [0.2, 0.25) is 0 Å². The van der Waals surface area contributed by atoms with Gasteiger partial charge in [-0.15, -0.1) is 0 Å². The van der Waals surface area contributed by atoms with E-state index < -0.39 is 5.97 Å². The molecule has 0 bridgehead atoms. The van der Waals surface area contributed by atoms with Crippen molar-refractivity contribution in [3.63, 3.8) is 0 Å². The lowest BCUT2D eigenvalue weighted by atomic mass is 9.86. The maximum absolute atomic E-state index is 11.9. The highest BCUT2D eigenvalue weighted by atomic mass is 16.4. The Morgan fingerprint density at radius 3 is 2.62 bits per heavy atom. The molecule has 4 heteroatoms. The Balaban J connectivity index is 1.91. The van der Waals surface area contributed by atoms with Gasteiger partial charge in [-0.1, -0.05) is 30.3 Å². The van der Waals surface area contributed by atoms with Crippen LogP contribution in [0.2, 0.25) is 0 Å². The quantitative estimate of drug-likeness (QED) is 0.735. The average Bonchev–Trinajstić information content (AvgIpc) is 2.67. The summed E-state index contributed by atoms with van der Waals surface area (Å²) in [6, 6.07) is 16.9. The van der Waals surface area contributed by atoms with Gasteiger partial charge in [-0.25, -0.2) is 9.78 Å². The Hall–Kier alpha value is -3.45. The van der Waals surface area contributed by atoms with Crippen molar-refractivity contribution < 1.29 is 9.90 Å². The molecule has 0 aliphatic heterocycles. The van der Waals surface area contributed by atoms with Crippen LogP contribution in [0.3, 0.4) is 0 Å². The predicted molar refractivity (Wildman–Crippen MR) is 101 cm³/mol. The first kappa shape index (κ1) is 16.0. The lowest BCUT2D eigenvalue weighted by Gasteiger charge is -2.21. The minimum absolute atomic E-state index is 0.371. The number of hydrogen-bond acceptors (Lipinski definition) is 3. The van der Waals surface area contributed by atoms with Crippen LogP contribution >= 0.6 is 0 Å². The normalized spacial score (nSPS) is 14.8. The van der Waals surface area contributed by atoms with Crippen molar-refractivity contribution in [1.29, 1.82) is 5.26 Å². The van der Waals surface area contributed by atoms with Crippen LogP contribution in [-0.2, 0) is 6.42 Å². The van der Waals surface area contributed by atoms with Gasteiger partial charge in [0.15, 0.2) is 0 Å². The summed E-state index contributed by atoms with van der Waals surface area (Å²) in [7, 11) is 0. The summed E-state index contributed by atoms with van der Waals surface area (Å²) in [6.45, 7) is 0. The average molecular weight is 340 g/mol. The molecule has 126 valence electrons. The van der Waals surface area contributed by atoms with Gasteiger partial charge in [0.1, 0.15) is 0 Å². The minimum atomic E-state index is -0.903. The highest BCUT2D eigenvalue weighted by Crippen LogP contribution is 2.36. The first-order valence-electron chi connectivity index (χ1n) is 8.53. The van der Waals surface area contributed by atoms with Crippen LogP contribution in [0.5, 0.6) is 0 Å². The van der Waals surface area contributed by atoms with Gasteiger partial charge in [-0.3, -0.25) is 0 Å². The fraction of sp³-hybridized carbons (Fsp3) is 0.136. The summed E-state index contributed by atoms with van der Waals surface area (Å²) in [5.41, 5.74) is 5.34. The molecular formula is C22H16N2O2. The van der Waals surface area contributed by atoms with E-state index >= 15 is 0 Å². The molecule has 1 aromatic heterocycles. The molecule has 1 aliphatic carbocycles. The fourth-order valence-electron chi connectivity index (χ4n) is 3.57. The van der Waals surface area contributed by atoms with Crippen molar-refractivity contribution in [2.75, 3.05) is 0 Å². The molecule has 0 radical (unpaired) electrons. The second-order valence-electron chi connectivity index (χ2n) is 6.39. The summed E-state index contributed by atoms with van der Waals surface area (Å²) in [5, 5.41) is 19.4. The second kappa shape index (κ2) is 6.45. The number of fused-ring (bicyclic) bond motifs is 2. The van der Waals surface area contributed by atoms with Gasteiger partial charge in [-0.05, 0) is 60.2 Å². The van der Waals surface area contributed by atoms with Gasteiger partial charge >= 0.3 is 5.97 Å². The summed E-state index contributed by atoms with van der Waals surface area (Å²) in [4.78, 5) is 16.7. The molecule has 1 N–H and O–H groups in total. The van der Waals surface area contributed by atoms with E-state index in [-0.39, 0.29) is 0 Å². The Labute approximate surface area is 151 Å². The number of nitriles is 1. The number of pyridine rings is 1. The number of carboxylic acids is 1. The Morgan fingerprint density at radius 1 is 1.12 bits per heavy atom. The van der Waals surface area contributed by atoms with Crippen LogP contribution in [0.25, 0.3) is 22.6 Å². The van der Waals surface area contributed by atoms with Crippen molar-refractivity contribution in [3.8, 4) is 6.07 Å². The SMILES string of the molecule is N#Cc1ccc(/C=C2\CCCc3c2nc2ccccc2c3C(=O)O)cc1. The molecule has 0 saturated carbocycles. The third-order valence-corrected chi connectivity index (χ3v) is 4.76. The third-order valence-electron chi connectivity index (χ3n) is 4.76. The minimum Gasteiger partial charge on any atom is -0.478 e. The second-order valence-corrected chi connectivity index (χ2v) is 6.39. The first-order valence-corrected chi connectivity index (χ1v) is 8.53. The van der Waals surface area contributed by atoms with E-state index in [0.29, 0.717) is 22.0 Å². The van der Waals surface area contributed by atoms with E-state index in [4.69, 9.17) is 10.2 Å². The molecule has 0 fully saturated rings. The number of nitrogens with zero attached hydrogens (tertiary/aromatic N) is 2. The van der Waals surface area contributed by atoms with Crippen LogP contribution in [0.15, 0.2) is 48.5 Å². The number of carboxylic acid groups (broad SMARTS) is 1. The van der Waals surface area contributed by atoms with Gasteiger partial charge in [0, 0.05) is 5.39 Å². The number of benzene rings is 2. The van der Waals surface area contributed by atoms with E-state index in [1.165, 1.54) is 0 Å². The van der Waals surface area contributed by atoms with Gasteiger partial charge in [0.05, 0.1) is 28.4 Å². The zero-order valence-corrected chi connectivity index (χ0v) is 14.1. The molecule has 4 nitrogen and oxygen atoms in total. The number of allylic oxidation sites excluding steroid dienone is 1. The highest BCUT2D eigenvalue weighted by molar-refractivity contribution is 6.05. The van der Waals surface area contributed by atoms with Crippen LogP contribution in [0, 0.1) is 11.3 Å². The fourth-order valence-corrected chi connectivity index (χ4v) is 3.57. The standard InChI is InChI=1S/C22H16N2O2/c23-13-15-10-8-14(9-11-15)12-16-4-3-6-18-20(22(25)26)17-5-1-2-7-19(17)24-21(16)18/h1-2,5,7-12H,3-4,6H2,(H,25,26)/b16-12+. The highest BCUT2D eigenvalue weighted by Gasteiger charge is 2.24. The van der Waals surface area contributed by atoms with Gasteiger partial charge in [0.25, 0.3) is 0 Å². The summed E-state index contributed by atoms with van der Waals surface area (Å²) < 4.78 is 0. The summed E-state index contributed by atoms with van der Waals surface area (Å²) in [5.74, 6) is -0.903. The van der Waals surface area contributed by atoms with Crippen LogP contribution in [0.1, 0.15) is 45.6 Å². The molecule has 1 heterocycles. The monoisotopic (exact) mass is 340 g/mol. The molecule has 0 saturated heterocycles. The zero-order valence-electron chi connectivity index (χ0n) is 14.1. The smallest absolute Gasteiger partial charge is 0.336 e. The van der Waals surface area contributed by atoms with E-state index in [0.717, 1.165) is 41.7 Å². The summed E-state index contributed by atoms with van der Waals surface area (Å²) >= 11 is 0. The van der Waals surface area contributed by atoms with E-state index in [1.54, 1.807) is 12.1 Å². The van der Waals surface area contributed by atoms with Gasteiger partial charge in [-0.2, -0.15) is 5.26 Å². The zero-order chi connectivity index (χ0) is 18.1. The number of carbonyl (C=O) groups is 1. The molecule has 0 atom stereocenters. The molecule has 26 heavy (non-hydrogen) atoms. The van der Waals surface area contributed by atoms with E-state index in [9.17, 15) is 9.90 Å². The third kappa shape index (κ3) is 2.74. The van der Waals surface area contributed by atoms with Crippen molar-refractivity contribution in [2.45, 2.75) is 19.3 Å². The molecule has 0 unspecified atom stereocenters. The number of rotatable bonds is 2. The van der Waals surface area contributed by atoms with E-state index in [1.807, 2.05) is 42.5 Å². The van der Waals surface area contributed by atoms with Crippen LogP contribution < -0.4 is 0 Å². The lowest BCUT2D eigenvalue weighted by molar-refractivity contribution is 0.0697. The number of hydrogen-bond donors (Lipinski definition) is 1. The molecule has 4 rings (SSSR count). The van der Waals surface area contributed by atoms with Crippen LogP contribution in [-0.4, -0.2) is 16.1 Å². The molecule has 2 aromatic carbocycles. The Morgan fingerprint density at radius 2 is 1.88 bits per heavy atom. The summed E-state index contributed by atoms with van der Waals surface area (Å²) in [6.07, 6.45) is 4.53. The van der Waals surface area contributed by atoms with Crippen molar-refractivity contribution in [1.82, 2.24) is 4.98 Å². The van der Waals surface area contributed by atoms with Crippen molar-refractivity contribution >= 4 is 28.5 Å². The maximum Gasteiger partial charge on any atom is 0.336 e. The molecule has 3 aromatic rings.